The standard InChI is InChI=1S/C27H27Cl2N3O3S/c1-3-35-26-12-17(4-9-25(26)33)16-32(27(36)31-24-7-5-19(28)13-22(24)29)11-10-18-15-30-23-8-6-20(34-2)14-21(18)23/h4-9,12-15,30,33H,3,10-11,16H2,1-2H3,(H,31,36). The van der Waals surface area contributed by atoms with Crippen molar-refractivity contribution in [2.75, 3.05) is 25.6 Å². The van der Waals surface area contributed by atoms with Crippen LogP contribution in [0.5, 0.6) is 17.2 Å². The van der Waals surface area contributed by atoms with Crippen LogP contribution in [0.25, 0.3) is 10.9 Å². The molecular weight excluding hydrogens is 517 g/mol. The molecule has 4 rings (SSSR count). The molecule has 188 valence electrons. The summed E-state index contributed by atoms with van der Waals surface area (Å²) in [6.07, 6.45) is 2.75. The lowest BCUT2D eigenvalue weighted by molar-refractivity contribution is 0.317. The minimum atomic E-state index is 0.105. The lowest BCUT2D eigenvalue weighted by Crippen LogP contribution is -2.36. The molecule has 0 amide bonds. The molecular formula is C27H27Cl2N3O3S. The first-order valence-electron chi connectivity index (χ1n) is 11.5. The highest BCUT2D eigenvalue weighted by Crippen LogP contribution is 2.29. The van der Waals surface area contributed by atoms with Crippen molar-refractivity contribution in [2.24, 2.45) is 0 Å². The van der Waals surface area contributed by atoms with Gasteiger partial charge >= 0.3 is 0 Å². The number of phenols is 1. The predicted octanol–water partition coefficient (Wildman–Crippen LogP) is 7.03. The Morgan fingerprint density at radius 2 is 1.94 bits per heavy atom. The van der Waals surface area contributed by atoms with Crippen molar-refractivity contribution in [3.63, 3.8) is 0 Å². The van der Waals surface area contributed by atoms with E-state index in [2.05, 4.69) is 15.2 Å². The van der Waals surface area contributed by atoms with E-state index >= 15 is 0 Å². The average Bonchev–Trinajstić information content (AvgIpc) is 3.27. The van der Waals surface area contributed by atoms with Crippen LogP contribution in [0.2, 0.25) is 10.0 Å². The lowest BCUT2D eigenvalue weighted by Gasteiger charge is -2.27. The predicted molar refractivity (Wildman–Crippen MR) is 151 cm³/mol. The van der Waals surface area contributed by atoms with Gasteiger partial charge in [0.1, 0.15) is 5.75 Å². The van der Waals surface area contributed by atoms with E-state index in [-0.39, 0.29) is 5.75 Å². The number of aromatic amines is 1. The Kier molecular flexibility index (Phi) is 8.46. The number of H-pyrrole nitrogens is 1. The topological polar surface area (TPSA) is 69.8 Å². The number of nitrogens with one attached hydrogen (secondary N) is 2. The van der Waals surface area contributed by atoms with Crippen molar-refractivity contribution < 1.29 is 14.6 Å². The van der Waals surface area contributed by atoms with Gasteiger partial charge in [-0.25, -0.2) is 0 Å². The van der Waals surface area contributed by atoms with Gasteiger partial charge in [0.05, 0.1) is 24.4 Å². The van der Waals surface area contributed by atoms with Crippen LogP contribution in [-0.2, 0) is 13.0 Å². The summed E-state index contributed by atoms with van der Waals surface area (Å²) < 4.78 is 11.0. The summed E-state index contributed by atoms with van der Waals surface area (Å²) >= 11 is 18.2. The van der Waals surface area contributed by atoms with Crippen LogP contribution in [0.4, 0.5) is 5.69 Å². The van der Waals surface area contributed by atoms with Crippen molar-refractivity contribution >= 4 is 57.1 Å². The maximum Gasteiger partial charge on any atom is 0.173 e. The maximum atomic E-state index is 10.1. The molecule has 0 aliphatic rings. The van der Waals surface area contributed by atoms with Gasteiger partial charge in [-0.2, -0.15) is 0 Å². The highest BCUT2D eigenvalue weighted by Gasteiger charge is 2.16. The molecule has 0 aliphatic heterocycles. The third kappa shape index (κ3) is 6.16. The Labute approximate surface area is 225 Å². The van der Waals surface area contributed by atoms with Gasteiger partial charge in [-0.15, -0.1) is 0 Å². The van der Waals surface area contributed by atoms with Crippen molar-refractivity contribution in [2.45, 2.75) is 19.9 Å². The summed E-state index contributed by atoms with van der Waals surface area (Å²) in [4.78, 5) is 5.38. The van der Waals surface area contributed by atoms with Crippen molar-refractivity contribution in [3.8, 4) is 17.2 Å². The van der Waals surface area contributed by atoms with Crippen molar-refractivity contribution in [1.82, 2.24) is 9.88 Å². The van der Waals surface area contributed by atoms with E-state index in [1.807, 2.05) is 43.5 Å². The van der Waals surface area contributed by atoms with Gasteiger partial charge in [0.15, 0.2) is 16.6 Å². The summed E-state index contributed by atoms with van der Waals surface area (Å²) in [5.41, 5.74) is 3.82. The molecule has 0 unspecified atom stereocenters. The SMILES string of the molecule is CCOc1cc(CN(CCc2c[nH]c3ccc(OC)cc23)C(=S)Nc2ccc(Cl)cc2Cl)ccc1O. The zero-order valence-corrected chi connectivity index (χ0v) is 22.3. The van der Waals surface area contributed by atoms with Gasteiger partial charge in [0, 0.05) is 35.2 Å². The number of anilines is 1. The van der Waals surface area contributed by atoms with E-state index in [0.29, 0.717) is 46.3 Å². The second-order valence-electron chi connectivity index (χ2n) is 8.19. The fraction of sp³-hybridized carbons (Fsp3) is 0.222. The number of fused-ring (bicyclic) bond motifs is 1. The zero-order valence-electron chi connectivity index (χ0n) is 20.0. The number of aromatic hydroxyl groups is 1. The summed E-state index contributed by atoms with van der Waals surface area (Å²) in [6, 6.07) is 16.5. The Morgan fingerprint density at radius 3 is 2.69 bits per heavy atom. The minimum absolute atomic E-state index is 0.105. The molecule has 36 heavy (non-hydrogen) atoms. The van der Waals surface area contributed by atoms with Gasteiger partial charge < -0.3 is 29.8 Å². The van der Waals surface area contributed by atoms with Crippen LogP contribution >= 0.6 is 35.4 Å². The second kappa shape index (κ2) is 11.7. The van der Waals surface area contributed by atoms with Crippen molar-refractivity contribution in [3.05, 3.63) is 82.0 Å². The molecule has 0 spiro atoms. The number of methoxy groups -OCH3 is 1. The highest BCUT2D eigenvalue weighted by molar-refractivity contribution is 7.80. The summed E-state index contributed by atoms with van der Waals surface area (Å²) in [5.74, 6) is 1.36. The quantitative estimate of drug-likeness (QED) is 0.197. The van der Waals surface area contributed by atoms with E-state index in [1.165, 1.54) is 0 Å². The molecule has 4 aromatic rings. The number of rotatable bonds is 9. The molecule has 3 aromatic carbocycles. The van der Waals surface area contributed by atoms with Crippen LogP contribution in [0.3, 0.4) is 0 Å². The molecule has 1 aromatic heterocycles. The van der Waals surface area contributed by atoms with Gasteiger partial charge in [-0.05, 0) is 85.2 Å². The molecule has 6 nitrogen and oxygen atoms in total. The first-order chi connectivity index (χ1) is 17.4. The summed E-state index contributed by atoms with van der Waals surface area (Å²) in [7, 11) is 1.66. The van der Waals surface area contributed by atoms with E-state index < -0.39 is 0 Å². The fourth-order valence-electron chi connectivity index (χ4n) is 3.93. The number of hydrogen-bond acceptors (Lipinski definition) is 4. The third-order valence-electron chi connectivity index (χ3n) is 5.78. The summed E-state index contributed by atoms with van der Waals surface area (Å²) in [5, 5.41) is 16.0. The molecule has 1 heterocycles. The second-order valence-corrected chi connectivity index (χ2v) is 9.42. The number of benzene rings is 3. The van der Waals surface area contributed by atoms with E-state index in [9.17, 15) is 5.11 Å². The first kappa shape index (κ1) is 25.9. The van der Waals surface area contributed by atoms with Gasteiger partial charge in [-0.3, -0.25) is 0 Å². The van der Waals surface area contributed by atoms with Gasteiger partial charge in [0.2, 0.25) is 0 Å². The average molecular weight is 545 g/mol. The molecule has 0 saturated heterocycles. The van der Waals surface area contributed by atoms with Gasteiger partial charge in [-0.1, -0.05) is 29.3 Å². The molecule has 0 atom stereocenters. The summed E-state index contributed by atoms with van der Waals surface area (Å²) in [6.45, 7) is 3.47. The molecule has 0 radical (unpaired) electrons. The molecule has 9 heteroatoms. The lowest BCUT2D eigenvalue weighted by atomic mass is 10.1. The number of thiocarbonyl (C=S) groups is 1. The Morgan fingerprint density at radius 1 is 1.11 bits per heavy atom. The Balaban J connectivity index is 1.58. The Bertz CT molecular complexity index is 1380. The monoisotopic (exact) mass is 543 g/mol. The van der Waals surface area contributed by atoms with Gasteiger partial charge in [0.25, 0.3) is 0 Å². The Hall–Kier alpha value is -3.13. The smallest absolute Gasteiger partial charge is 0.173 e. The largest absolute Gasteiger partial charge is 0.504 e. The molecule has 0 aliphatic carbocycles. The van der Waals surface area contributed by atoms with E-state index in [1.54, 1.807) is 31.4 Å². The van der Waals surface area contributed by atoms with Crippen LogP contribution in [0.1, 0.15) is 18.1 Å². The van der Waals surface area contributed by atoms with Crippen molar-refractivity contribution in [1.29, 1.82) is 0 Å². The number of phenolic OH excluding ortho intramolecular Hbond substituents is 1. The first-order valence-corrected chi connectivity index (χ1v) is 12.6. The molecule has 0 fully saturated rings. The van der Waals surface area contributed by atoms with Crippen LogP contribution < -0.4 is 14.8 Å². The van der Waals surface area contributed by atoms with Crippen LogP contribution in [0.15, 0.2) is 60.8 Å². The van der Waals surface area contributed by atoms with E-state index in [4.69, 9.17) is 44.9 Å². The highest BCUT2D eigenvalue weighted by atomic mass is 35.5. The molecule has 3 N–H and O–H groups in total. The number of hydrogen-bond donors (Lipinski definition) is 3. The van der Waals surface area contributed by atoms with Crippen LogP contribution in [-0.4, -0.2) is 40.4 Å². The number of ether oxygens (including phenoxy) is 2. The van der Waals surface area contributed by atoms with Crippen LogP contribution in [0, 0.1) is 0 Å². The fourth-order valence-corrected chi connectivity index (χ4v) is 4.65. The number of nitrogens with zero attached hydrogens (tertiary/aromatic N) is 1. The number of aromatic nitrogens is 1. The molecule has 0 bridgehead atoms. The third-order valence-corrected chi connectivity index (χ3v) is 6.69. The minimum Gasteiger partial charge on any atom is -0.504 e. The normalized spacial score (nSPS) is 10.9. The zero-order chi connectivity index (χ0) is 25.7. The maximum absolute atomic E-state index is 10.1. The molecule has 0 saturated carbocycles. The number of halogens is 2. The van der Waals surface area contributed by atoms with E-state index in [0.717, 1.165) is 34.2 Å².